The second-order valence-corrected chi connectivity index (χ2v) is 5.33. The molecule has 0 aliphatic carbocycles. The maximum Gasteiger partial charge on any atom is 0.319 e. The van der Waals surface area contributed by atoms with E-state index in [1.165, 1.54) is 7.11 Å². The lowest BCUT2D eigenvalue weighted by atomic mass is 10.1. The molecule has 6 heteroatoms. The van der Waals surface area contributed by atoms with Crippen molar-refractivity contribution in [3.63, 3.8) is 0 Å². The predicted octanol–water partition coefficient (Wildman–Crippen LogP) is 2.87. The standard InChI is InChI=1S/C18H22N2O4/c1-12-4-6-13(7-5-12)15(21)11-19-18(22)20-14-8-9-16(23-2)17(10-14)24-3/h4-10,15,21H,11H2,1-3H3,(H2,19,20,22). The number of benzene rings is 2. The van der Waals surface area contributed by atoms with E-state index in [1.54, 1.807) is 25.3 Å². The van der Waals surface area contributed by atoms with Gasteiger partial charge in [0.15, 0.2) is 11.5 Å². The van der Waals surface area contributed by atoms with E-state index in [4.69, 9.17) is 9.47 Å². The molecule has 1 atom stereocenters. The lowest BCUT2D eigenvalue weighted by Crippen LogP contribution is -2.32. The zero-order chi connectivity index (χ0) is 17.5. The van der Waals surface area contributed by atoms with Crippen molar-refractivity contribution in [2.24, 2.45) is 0 Å². The molecule has 2 aromatic carbocycles. The van der Waals surface area contributed by atoms with Crippen molar-refractivity contribution < 1.29 is 19.4 Å². The van der Waals surface area contributed by atoms with E-state index in [0.717, 1.165) is 11.1 Å². The quantitative estimate of drug-likeness (QED) is 0.761. The van der Waals surface area contributed by atoms with Crippen LogP contribution in [0.1, 0.15) is 17.2 Å². The van der Waals surface area contributed by atoms with Gasteiger partial charge in [0.1, 0.15) is 0 Å². The van der Waals surface area contributed by atoms with Crippen LogP contribution in [0.15, 0.2) is 42.5 Å². The molecule has 0 aromatic heterocycles. The van der Waals surface area contributed by atoms with E-state index in [1.807, 2.05) is 31.2 Å². The Kier molecular flexibility index (Phi) is 6.03. The highest BCUT2D eigenvalue weighted by atomic mass is 16.5. The van der Waals surface area contributed by atoms with Crippen LogP contribution in [0.25, 0.3) is 0 Å². The molecule has 1 unspecified atom stereocenters. The highest BCUT2D eigenvalue weighted by Gasteiger charge is 2.10. The molecule has 0 heterocycles. The van der Waals surface area contributed by atoms with Gasteiger partial charge in [-0.05, 0) is 24.6 Å². The maximum absolute atomic E-state index is 12.0. The summed E-state index contributed by atoms with van der Waals surface area (Å²) < 4.78 is 10.3. The predicted molar refractivity (Wildman–Crippen MR) is 92.7 cm³/mol. The first-order valence-electron chi connectivity index (χ1n) is 7.55. The average molecular weight is 330 g/mol. The Balaban J connectivity index is 1.90. The van der Waals surface area contributed by atoms with Crippen LogP contribution in [0, 0.1) is 6.92 Å². The van der Waals surface area contributed by atoms with Crippen molar-refractivity contribution in [3.8, 4) is 11.5 Å². The van der Waals surface area contributed by atoms with Crippen molar-refractivity contribution in [1.29, 1.82) is 0 Å². The summed E-state index contributed by atoms with van der Waals surface area (Å²) in [5.74, 6) is 1.10. The fourth-order valence-electron chi connectivity index (χ4n) is 2.19. The van der Waals surface area contributed by atoms with Gasteiger partial charge < -0.3 is 25.2 Å². The third kappa shape index (κ3) is 4.63. The number of aliphatic hydroxyl groups excluding tert-OH is 1. The summed E-state index contributed by atoms with van der Waals surface area (Å²) in [4.78, 5) is 12.0. The largest absolute Gasteiger partial charge is 0.493 e. The van der Waals surface area contributed by atoms with Crippen LogP contribution in [-0.2, 0) is 0 Å². The molecule has 0 saturated heterocycles. The van der Waals surface area contributed by atoms with E-state index >= 15 is 0 Å². The van der Waals surface area contributed by atoms with Gasteiger partial charge >= 0.3 is 6.03 Å². The number of amides is 2. The molecule has 0 aliphatic rings. The van der Waals surface area contributed by atoms with E-state index in [9.17, 15) is 9.90 Å². The minimum Gasteiger partial charge on any atom is -0.493 e. The molecule has 2 amide bonds. The van der Waals surface area contributed by atoms with Crippen molar-refractivity contribution in [3.05, 3.63) is 53.6 Å². The fourth-order valence-corrected chi connectivity index (χ4v) is 2.19. The number of carbonyl (C=O) groups is 1. The van der Waals surface area contributed by atoms with Crippen molar-refractivity contribution in [2.45, 2.75) is 13.0 Å². The summed E-state index contributed by atoms with van der Waals surface area (Å²) in [6.07, 6.45) is -0.762. The van der Waals surface area contributed by atoms with Crippen LogP contribution in [0.2, 0.25) is 0 Å². The second kappa shape index (κ2) is 8.21. The van der Waals surface area contributed by atoms with Gasteiger partial charge in [-0.2, -0.15) is 0 Å². The van der Waals surface area contributed by atoms with Crippen LogP contribution in [0.4, 0.5) is 10.5 Å². The van der Waals surface area contributed by atoms with Crippen LogP contribution in [0.3, 0.4) is 0 Å². The first kappa shape index (κ1) is 17.6. The molecular weight excluding hydrogens is 308 g/mol. The van der Waals surface area contributed by atoms with Crippen molar-refractivity contribution in [1.82, 2.24) is 5.32 Å². The third-order valence-electron chi connectivity index (χ3n) is 3.56. The summed E-state index contributed by atoms with van der Waals surface area (Å²) in [6, 6.07) is 12.2. The summed E-state index contributed by atoms with van der Waals surface area (Å²) >= 11 is 0. The normalized spacial score (nSPS) is 11.5. The zero-order valence-electron chi connectivity index (χ0n) is 14.0. The van der Waals surface area contributed by atoms with E-state index in [-0.39, 0.29) is 6.54 Å². The van der Waals surface area contributed by atoms with Crippen LogP contribution in [-0.4, -0.2) is 31.9 Å². The summed E-state index contributed by atoms with van der Waals surface area (Å²) in [6.45, 7) is 2.09. The first-order valence-corrected chi connectivity index (χ1v) is 7.55. The number of aliphatic hydroxyl groups is 1. The van der Waals surface area contributed by atoms with Gasteiger partial charge in [0.2, 0.25) is 0 Å². The molecule has 3 N–H and O–H groups in total. The number of anilines is 1. The van der Waals surface area contributed by atoms with Crippen LogP contribution in [0.5, 0.6) is 11.5 Å². The van der Waals surface area contributed by atoms with Crippen molar-refractivity contribution >= 4 is 11.7 Å². The number of carbonyl (C=O) groups excluding carboxylic acids is 1. The molecule has 24 heavy (non-hydrogen) atoms. The lowest BCUT2D eigenvalue weighted by molar-refractivity contribution is 0.175. The molecule has 0 radical (unpaired) electrons. The van der Waals surface area contributed by atoms with Gasteiger partial charge in [-0.1, -0.05) is 29.8 Å². The number of hydrogen-bond donors (Lipinski definition) is 3. The van der Waals surface area contributed by atoms with Crippen LogP contribution < -0.4 is 20.1 Å². The number of urea groups is 1. The molecule has 0 bridgehead atoms. The Bertz CT molecular complexity index is 686. The Morgan fingerprint density at radius 2 is 1.75 bits per heavy atom. The third-order valence-corrected chi connectivity index (χ3v) is 3.56. The monoisotopic (exact) mass is 330 g/mol. The number of rotatable bonds is 6. The minimum absolute atomic E-state index is 0.113. The first-order chi connectivity index (χ1) is 11.5. The SMILES string of the molecule is COc1ccc(NC(=O)NCC(O)c2ccc(C)cc2)cc1OC. The number of nitrogens with one attached hydrogen (secondary N) is 2. The highest BCUT2D eigenvalue weighted by molar-refractivity contribution is 5.89. The van der Waals surface area contributed by atoms with Crippen molar-refractivity contribution in [2.75, 3.05) is 26.1 Å². The topological polar surface area (TPSA) is 79.8 Å². The second-order valence-electron chi connectivity index (χ2n) is 5.33. The summed E-state index contributed by atoms with van der Waals surface area (Å²) in [5, 5.41) is 15.4. The molecular formula is C18H22N2O4. The Hall–Kier alpha value is -2.73. The minimum atomic E-state index is -0.762. The molecule has 6 nitrogen and oxygen atoms in total. The fraction of sp³-hybridized carbons (Fsp3) is 0.278. The molecule has 0 spiro atoms. The Morgan fingerprint density at radius 3 is 2.38 bits per heavy atom. The smallest absolute Gasteiger partial charge is 0.319 e. The van der Waals surface area contributed by atoms with Gasteiger partial charge in [-0.25, -0.2) is 4.79 Å². The molecule has 0 fully saturated rings. The number of methoxy groups -OCH3 is 2. The molecule has 128 valence electrons. The Morgan fingerprint density at radius 1 is 1.08 bits per heavy atom. The average Bonchev–Trinajstić information content (AvgIpc) is 2.60. The molecule has 2 rings (SSSR count). The Labute approximate surface area is 141 Å². The van der Waals surface area contributed by atoms with E-state index in [0.29, 0.717) is 17.2 Å². The van der Waals surface area contributed by atoms with Gasteiger partial charge in [-0.3, -0.25) is 0 Å². The van der Waals surface area contributed by atoms with Crippen LogP contribution >= 0.6 is 0 Å². The molecule has 0 saturated carbocycles. The zero-order valence-corrected chi connectivity index (χ0v) is 14.0. The van der Waals surface area contributed by atoms with E-state index in [2.05, 4.69) is 10.6 Å². The van der Waals surface area contributed by atoms with Gasteiger partial charge in [0.25, 0.3) is 0 Å². The maximum atomic E-state index is 12.0. The summed E-state index contributed by atoms with van der Waals surface area (Å²) in [7, 11) is 3.07. The summed E-state index contributed by atoms with van der Waals surface area (Å²) in [5.41, 5.74) is 2.44. The highest BCUT2D eigenvalue weighted by Crippen LogP contribution is 2.29. The molecule has 2 aromatic rings. The number of aryl methyl sites for hydroxylation is 1. The van der Waals surface area contributed by atoms with Gasteiger partial charge in [-0.15, -0.1) is 0 Å². The van der Waals surface area contributed by atoms with E-state index < -0.39 is 12.1 Å². The number of ether oxygens (including phenoxy) is 2. The molecule has 0 aliphatic heterocycles. The van der Waals surface area contributed by atoms with Gasteiger partial charge in [0, 0.05) is 18.3 Å². The van der Waals surface area contributed by atoms with Gasteiger partial charge in [0.05, 0.1) is 20.3 Å². The number of hydrogen-bond acceptors (Lipinski definition) is 4. The lowest BCUT2D eigenvalue weighted by Gasteiger charge is -2.14.